The van der Waals surface area contributed by atoms with Crippen LogP contribution in [-0.2, 0) is 0 Å². The molecule has 1 aromatic carbocycles. The second-order valence-electron chi connectivity index (χ2n) is 3.30. The number of rotatable bonds is 2. The molecular weight excluding hydrogens is 362 g/mol. The third-order valence-corrected chi connectivity index (χ3v) is 3.71. The predicted molar refractivity (Wildman–Crippen MR) is 64.5 cm³/mol. The Balaban J connectivity index is 2.48. The van der Waals surface area contributed by atoms with Gasteiger partial charge in [0.05, 0.1) is 15.2 Å². The minimum absolute atomic E-state index is 0.117. The Morgan fingerprint density at radius 3 is 2.47 bits per heavy atom. The van der Waals surface area contributed by atoms with Gasteiger partial charge < -0.3 is 9.52 Å². The number of benzene rings is 1. The zero-order chi connectivity index (χ0) is 12.6. The van der Waals surface area contributed by atoms with E-state index in [-0.39, 0.29) is 15.8 Å². The maximum atomic E-state index is 13.3. The molecular formula is C11H6Br2F2O2. The zero-order valence-electron chi connectivity index (χ0n) is 8.25. The van der Waals surface area contributed by atoms with Crippen LogP contribution in [0.4, 0.5) is 8.78 Å². The molecule has 0 spiro atoms. The van der Waals surface area contributed by atoms with Gasteiger partial charge in [-0.05, 0) is 44.0 Å². The van der Waals surface area contributed by atoms with Crippen LogP contribution in [0.25, 0.3) is 0 Å². The maximum absolute atomic E-state index is 13.3. The first-order valence-corrected chi connectivity index (χ1v) is 6.15. The molecule has 0 fully saturated rings. The molecule has 2 aromatic rings. The predicted octanol–water partition coefficient (Wildman–Crippen LogP) is 4.16. The van der Waals surface area contributed by atoms with Crippen molar-refractivity contribution in [1.82, 2.24) is 0 Å². The van der Waals surface area contributed by atoms with Gasteiger partial charge in [0.15, 0.2) is 17.4 Å². The summed E-state index contributed by atoms with van der Waals surface area (Å²) in [4.78, 5) is 0. The smallest absolute Gasteiger partial charge is 0.173 e. The molecule has 1 N–H and O–H groups in total. The lowest BCUT2D eigenvalue weighted by Crippen LogP contribution is -2.02. The number of furan rings is 1. The van der Waals surface area contributed by atoms with Crippen LogP contribution in [0.2, 0.25) is 0 Å². The lowest BCUT2D eigenvalue weighted by molar-refractivity contribution is 0.187. The summed E-state index contributed by atoms with van der Waals surface area (Å²) in [6, 6.07) is 3.85. The second-order valence-corrected chi connectivity index (χ2v) is 4.95. The Kier molecular flexibility index (Phi) is 3.65. The van der Waals surface area contributed by atoms with E-state index in [9.17, 15) is 13.9 Å². The average molecular weight is 368 g/mol. The summed E-state index contributed by atoms with van der Waals surface area (Å²) >= 11 is 6.09. The third kappa shape index (κ3) is 2.29. The van der Waals surface area contributed by atoms with Crippen LogP contribution in [-0.4, -0.2) is 5.11 Å². The fourth-order valence-corrected chi connectivity index (χ4v) is 2.35. The van der Waals surface area contributed by atoms with E-state index in [0.29, 0.717) is 4.47 Å². The molecule has 0 saturated heterocycles. The Morgan fingerprint density at radius 2 is 1.88 bits per heavy atom. The molecule has 1 atom stereocenters. The molecule has 1 unspecified atom stereocenters. The van der Waals surface area contributed by atoms with E-state index >= 15 is 0 Å². The number of hydrogen-bond donors (Lipinski definition) is 1. The van der Waals surface area contributed by atoms with Gasteiger partial charge in [-0.25, -0.2) is 8.78 Å². The minimum atomic E-state index is -1.18. The summed E-state index contributed by atoms with van der Waals surface area (Å²) in [6.07, 6.45) is 0.208. The first-order valence-electron chi connectivity index (χ1n) is 4.56. The van der Waals surface area contributed by atoms with Crippen LogP contribution in [0.1, 0.15) is 17.4 Å². The van der Waals surface area contributed by atoms with Gasteiger partial charge in [0, 0.05) is 5.56 Å². The van der Waals surface area contributed by atoms with E-state index in [1.54, 1.807) is 6.07 Å². The molecule has 0 aliphatic carbocycles. The summed E-state index contributed by atoms with van der Waals surface area (Å²) in [5, 5.41) is 10.0. The molecule has 0 amide bonds. The van der Waals surface area contributed by atoms with Crippen LogP contribution >= 0.6 is 31.9 Å². The number of hydrogen-bond acceptors (Lipinski definition) is 2. The number of aliphatic hydroxyl groups is 1. The molecule has 90 valence electrons. The van der Waals surface area contributed by atoms with Crippen molar-refractivity contribution in [2.45, 2.75) is 6.10 Å². The Morgan fingerprint density at radius 1 is 1.18 bits per heavy atom. The minimum Gasteiger partial charge on any atom is -0.465 e. The van der Waals surface area contributed by atoms with Crippen molar-refractivity contribution in [2.75, 3.05) is 0 Å². The highest BCUT2D eigenvalue weighted by atomic mass is 79.9. The van der Waals surface area contributed by atoms with Crippen molar-refractivity contribution in [3.05, 3.63) is 56.4 Å². The fourth-order valence-electron chi connectivity index (χ4n) is 1.39. The fraction of sp³-hybridized carbons (Fsp3) is 0.0909. The van der Waals surface area contributed by atoms with Gasteiger partial charge in [0.1, 0.15) is 6.10 Å². The molecule has 0 aliphatic rings. The molecule has 0 radical (unpaired) electrons. The molecule has 1 heterocycles. The van der Waals surface area contributed by atoms with Gasteiger partial charge in [-0.15, -0.1) is 0 Å². The van der Waals surface area contributed by atoms with Crippen molar-refractivity contribution in [1.29, 1.82) is 0 Å². The zero-order valence-corrected chi connectivity index (χ0v) is 11.4. The van der Waals surface area contributed by atoms with E-state index in [2.05, 4.69) is 31.9 Å². The summed E-state index contributed by atoms with van der Waals surface area (Å²) in [5.74, 6) is -1.78. The van der Waals surface area contributed by atoms with Crippen molar-refractivity contribution in [2.24, 2.45) is 0 Å². The van der Waals surface area contributed by atoms with Crippen LogP contribution in [0.5, 0.6) is 0 Å². The molecule has 2 rings (SSSR count). The Bertz CT molecular complexity index is 554. The van der Waals surface area contributed by atoms with E-state index in [0.717, 1.165) is 6.07 Å². The number of aliphatic hydroxyl groups excluding tert-OH is 1. The van der Waals surface area contributed by atoms with E-state index in [4.69, 9.17) is 4.42 Å². The molecule has 6 heteroatoms. The van der Waals surface area contributed by atoms with Crippen LogP contribution in [0, 0.1) is 11.6 Å². The summed E-state index contributed by atoms with van der Waals surface area (Å²) in [6.45, 7) is 0. The van der Waals surface area contributed by atoms with E-state index < -0.39 is 17.7 Å². The van der Waals surface area contributed by atoms with Crippen molar-refractivity contribution in [3.63, 3.8) is 0 Å². The molecule has 1 aromatic heterocycles. The Hall–Kier alpha value is -0.720. The largest absolute Gasteiger partial charge is 0.465 e. The standard InChI is InChI=1S/C11H6Br2F2O2/c12-6-3-4-17-11(6)10(16)5-1-2-7(14)9(15)8(5)13/h1-4,10,16H. The Labute approximate surface area is 113 Å². The topological polar surface area (TPSA) is 33.4 Å². The van der Waals surface area contributed by atoms with Crippen molar-refractivity contribution >= 4 is 31.9 Å². The van der Waals surface area contributed by atoms with Gasteiger partial charge in [-0.3, -0.25) is 0 Å². The van der Waals surface area contributed by atoms with Gasteiger partial charge >= 0.3 is 0 Å². The lowest BCUT2D eigenvalue weighted by Gasteiger charge is -2.11. The van der Waals surface area contributed by atoms with Gasteiger partial charge in [-0.2, -0.15) is 0 Å². The van der Waals surface area contributed by atoms with Crippen LogP contribution < -0.4 is 0 Å². The van der Waals surface area contributed by atoms with Crippen molar-refractivity contribution < 1.29 is 18.3 Å². The molecule has 0 bridgehead atoms. The summed E-state index contributed by atoms with van der Waals surface area (Å²) in [5.41, 5.74) is 0.194. The highest BCUT2D eigenvalue weighted by Gasteiger charge is 2.22. The van der Waals surface area contributed by atoms with Gasteiger partial charge in [0.2, 0.25) is 0 Å². The van der Waals surface area contributed by atoms with E-state index in [1.807, 2.05) is 0 Å². The molecule has 17 heavy (non-hydrogen) atoms. The van der Waals surface area contributed by atoms with Crippen LogP contribution in [0.3, 0.4) is 0 Å². The maximum Gasteiger partial charge on any atom is 0.173 e. The highest BCUT2D eigenvalue weighted by molar-refractivity contribution is 9.10. The first kappa shape index (κ1) is 12.7. The molecule has 0 aliphatic heterocycles. The summed E-state index contributed by atoms with van der Waals surface area (Å²) < 4.78 is 31.8. The monoisotopic (exact) mass is 366 g/mol. The van der Waals surface area contributed by atoms with Gasteiger partial charge in [0.25, 0.3) is 0 Å². The normalized spacial score (nSPS) is 12.8. The SMILES string of the molecule is OC(c1ccc(F)c(F)c1Br)c1occc1Br. The first-order chi connectivity index (χ1) is 8.02. The molecule has 2 nitrogen and oxygen atoms in total. The quantitative estimate of drug-likeness (QED) is 0.808. The van der Waals surface area contributed by atoms with Crippen molar-refractivity contribution in [3.8, 4) is 0 Å². The third-order valence-electron chi connectivity index (χ3n) is 2.25. The average Bonchev–Trinajstić information content (AvgIpc) is 2.72. The van der Waals surface area contributed by atoms with E-state index in [1.165, 1.54) is 12.3 Å². The van der Waals surface area contributed by atoms with Crippen LogP contribution in [0.15, 0.2) is 37.8 Å². The van der Waals surface area contributed by atoms with Gasteiger partial charge in [-0.1, -0.05) is 6.07 Å². The molecule has 0 saturated carbocycles. The lowest BCUT2D eigenvalue weighted by atomic mass is 10.1. The highest BCUT2D eigenvalue weighted by Crippen LogP contribution is 2.34. The summed E-state index contributed by atoms with van der Waals surface area (Å²) in [7, 11) is 0. The number of halogens is 4. The second kappa shape index (κ2) is 4.88.